The van der Waals surface area contributed by atoms with Crippen LogP contribution in [0.25, 0.3) is 0 Å². The van der Waals surface area contributed by atoms with Gasteiger partial charge in [0.15, 0.2) is 34.7 Å². The van der Waals surface area contributed by atoms with E-state index >= 15 is 0 Å². The van der Waals surface area contributed by atoms with E-state index in [-0.39, 0.29) is 66.2 Å². The van der Waals surface area contributed by atoms with Crippen molar-refractivity contribution >= 4 is 57.9 Å². The van der Waals surface area contributed by atoms with Gasteiger partial charge >= 0.3 is 0 Å². The summed E-state index contributed by atoms with van der Waals surface area (Å²) in [5, 5.41) is 53.7. The Morgan fingerprint density at radius 1 is 0.310 bits per heavy atom. The van der Waals surface area contributed by atoms with E-state index in [1.165, 1.54) is 126 Å². The van der Waals surface area contributed by atoms with Gasteiger partial charge in [-0.05, 0) is 161 Å². The van der Waals surface area contributed by atoms with Crippen LogP contribution in [0.15, 0.2) is 208 Å². The largest absolute Gasteiger partial charge is 0.496 e. The van der Waals surface area contributed by atoms with Crippen LogP contribution >= 0.6 is 23.2 Å². The van der Waals surface area contributed by atoms with Gasteiger partial charge in [0.2, 0.25) is 0 Å². The molecule has 6 aromatic heterocycles. The first-order valence-corrected chi connectivity index (χ1v) is 43.0. The molecule has 0 saturated heterocycles. The maximum atomic E-state index is 13.4. The van der Waals surface area contributed by atoms with Gasteiger partial charge in [0.25, 0.3) is 0 Å². The second-order valence-corrected chi connectivity index (χ2v) is 34.6. The van der Waals surface area contributed by atoms with Crippen LogP contribution in [0.3, 0.4) is 0 Å². The number of benzene rings is 6. The Morgan fingerprint density at radius 3 is 0.884 bits per heavy atom. The molecule has 0 spiro atoms. The van der Waals surface area contributed by atoms with Crippen molar-refractivity contribution in [3.63, 3.8) is 0 Å². The zero-order valence-corrected chi connectivity index (χ0v) is 72.9. The number of ether oxygens (including phenoxy) is 1. The highest BCUT2D eigenvalue weighted by Gasteiger charge is 2.50. The van der Waals surface area contributed by atoms with E-state index in [1.54, 1.807) is 19.2 Å². The summed E-state index contributed by atoms with van der Waals surface area (Å²) >= 11 is 11.8. The lowest BCUT2D eigenvalue weighted by molar-refractivity contribution is 0.0897. The highest BCUT2D eigenvalue weighted by Crippen LogP contribution is 2.56. The number of methoxy groups -OCH3 is 1. The summed E-state index contributed by atoms with van der Waals surface area (Å²) in [4.78, 5) is 119. The number of carbonyl (C=O) groups excluding carboxylic acids is 6. The molecule has 6 saturated carbocycles. The highest BCUT2D eigenvalue weighted by atomic mass is 35.5. The van der Waals surface area contributed by atoms with Crippen LogP contribution in [0, 0.1) is 31.3 Å². The van der Waals surface area contributed by atoms with Gasteiger partial charge in [-0.25, -0.2) is 73.0 Å². The van der Waals surface area contributed by atoms with E-state index in [2.05, 4.69) is 140 Å². The lowest BCUT2D eigenvalue weighted by Gasteiger charge is -2.18. The van der Waals surface area contributed by atoms with Crippen LogP contribution in [-0.2, 0) is 71.0 Å². The minimum Gasteiger partial charge on any atom is -0.496 e. The molecule has 0 atom stereocenters. The predicted octanol–water partition coefficient (Wildman–Crippen LogP) is 13.9. The third kappa shape index (κ3) is 24.4. The van der Waals surface area contributed by atoms with Gasteiger partial charge in [0.05, 0.1) is 45.5 Å². The maximum Gasteiger partial charge on any atom is 0.191 e. The molecule has 0 aliphatic heterocycles. The van der Waals surface area contributed by atoms with Crippen LogP contribution in [0.5, 0.6) is 5.75 Å². The van der Waals surface area contributed by atoms with Crippen molar-refractivity contribution in [3.8, 4) is 5.75 Å². The van der Waals surface area contributed by atoms with Gasteiger partial charge in [-0.1, -0.05) is 119 Å². The van der Waals surface area contributed by atoms with Crippen molar-refractivity contribution < 1.29 is 77.3 Å². The van der Waals surface area contributed by atoms with E-state index in [4.69, 9.17) is 58.6 Å². The number of aryl methyl sites for hydroxylation is 2. The van der Waals surface area contributed by atoms with Crippen LogP contribution in [-0.4, -0.2) is 172 Å². The van der Waals surface area contributed by atoms with Gasteiger partial charge in [-0.3, -0.25) is 28.8 Å². The monoisotopic (exact) mass is 1790 g/mol. The van der Waals surface area contributed by atoms with E-state index in [1.807, 2.05) is 30.3 Å². The van der Waals surface area contributed by atoms with Crippen LogP contribution in [0.4, 0.5) is 13.2 Å². The molecule has 30 heteroatoms. The molecule has 12 aromatic rings. The molecule has 6 heterocycles. The van der Waals surface area contributed by atoms with Crippen molar-refractivity contribution in [1.82, 2.24) is 59.8 Å². The molecular formula is C99H97Cl2F3N12O13. The fraction of sp³-hybridized carbons (Fsp3) is 0.333. The maximum absolute atomic E-state index is 13.4. The fourth-order valence-electron chi connectivity index (χ4n) is 15.6. The molecule has 25 nitrogen and oxygen atoms in total. The second-order valence-electron chi connectivity index (χ2n) is 33.8. The topological polar surface area (TPSA) is 388 Å². The molecule has 0 radical (unpaired) electrons. The number of aliphatic hydroxyl groups is 6. The van der Waals surface area contributed by atoms with Crippen molar-refractivity contribution in [1.29, 1.82) is 0 Å². The Bertz CT molecular complexity index is 5810. The van der Waals surface area contributed by atoms with Crippen molar-refractivity contribution in [2.75, 3.05) is 46.8 Å². The van der Waals surface area contributed by atoms with Crippen LogP contribution < -0.4 is 4.74 Å². The zero-order valence-electron chi connectivity index (χ0n) is 71.4. The van der Waals surface area contributed by atoms with Crippen molar-refractivity contribution in [3.05, 3.63) is 348 Å². The molecular weight excluding hydrogens is 1690 g/mol. The lowest BCUT2D eigenvalue weighted by atomic mass is 9.91. The SMILES string of the molecule is COc1ccccc1C1(Cc2ncc(C(=O)CO)cn2)CC1.Cc1ccc(C2(Cc3ncc(C(=O)CO)cn3)CC2)cc1.Cc1cccc(C2(Cc3ncc(C(=O)CO)cn3)CC2)c1.O=C(CO)c1cnc(CC2(c3cc(F)cc(F)c3)CC2)nc1.O=C(CO)c1cnc(CC2(c3ccc(Cl)cc3)CC2)nc1.O=C(CO)c1cnc(CC2(c3ccc(F)c(Cl)c3)CC2)nc1. The number of aliphatic hydroxyl groups excluding tert-OH is 6. The second kappa shape index (κ2) is 41.9. The summed E-state index contributed by atoms with van der Waals surface area (Å²) in [7, 11) is 1.68. The lowest BCUT2D eigenvalue weighted by Crippen LogP contribution is -2.15. The van der Waals surface area contributed by atoms with Crippen LogP contribution in [0.1, 0.15) is 219 Å². The molecule has 129 heavy (non-hydrogen) atoms. The minimum absolute atomic E-state index is 0.0368. The Balaban J connectivity index is 0.000000132. The normalized spacial score (nSPS) is 15.6. The number of Topliss-reactive ketones (excluding diaryl/α,β-unsaturated/α-hetero) is 6. The standard InChI is InChI=1S/C17H18N2O3.2C17H18N2O2.C16H14ClFN2O2.C16H15ClN2O2.C16H14F2N2O2/c1-22-15-5-3-2-4-13(15)17(6-7-17)8-16-18-9-12(10-19-16)14(21)11-20;1-12-2-4-14(5-3-12)17(6-7-17)8-16-18-9-13(10-19-16)15(21)11-20;1-12-3-2-4-14(7-12)17(5-6-17)8-16-18-9-13(10-19-16)15(21)11-20;17-12-5-11(1-2-13(12)18)16(3-4-16)6-15-19-7-10(8-20-15)14(22)9-21;17-13-3-1-12(2-4-13)16(5-6-16)7-15-18-8-11(9-19-15)14(21)10-20;17-12-3-11(4-13(18)5-12)16(1-2-16)6-15-19-7-10(8-20-15)14(22)9-21/h2-5,9-10,20H,6-8,11H2,1H3;2-5,9-10,20H,6-8,11H2,1H3;2-4,7,9-10,20H,5-6,8,11H2,1H3;1-2,5,7-8,21H,3-4,6,9H2;1-4,8-9,20H,5-7,10H2;3-5,7-8,21H,1-2,6,9H2. The van der Waals surface area contributed by atoms with E-state index in [9.17, 15) is 41.9 Å². The fourth-order valence-corrected chi connectivity index (χ4v) is 15.9. The Labute approximate surface area is 753 Å². The summed E-state index contributed by atoms with van der Waals surface area (Å²) in [6.07, 6.45) is 34.2. The van der Waals surface area contributed by atoms with Crippen molar-refractivity contribution in [2.45, 2.75) is 162 Å². The number of hydrogen-bond donors (Lipinski definition) is 6. The Kier molecular flexibility index (Phi) is 30.6. The average Bonchev–Trinajstić information content (AvgIpc) is 1.64. The van der Waals surface area contributed by atoms with Crippen LogP contribution in [0.2, 0.25) is 10.0 Å². The molecule has 6 aliphatic carbocycles. The zero-order chi connectivity index (χ0) is 91.7. The third-order valence-corrected chi connectivity index (χ3v) is 25.1. The average molecular weight is 1790 g/mol. The number of para-hydroxylation sites is 1. The number of rotatable bonds is 31. The van der Waals surface area contributed by atoms with E-state index < -0.39 is 68.7 Å². The predicted molar refractivity (Wildman–Crippen MR) is 473 cm³/mol. The number of nitrogens with zero attached hydrogens (tertiary/aromatic N) is 12. The third-order valence-electron chi connectivity index (χ3n) is 24.6. The van der Waals surface area contributed by atoms with Gasteiger partial charge in [0, 0.05) is 162 Å². The Morgan fingerprint density at radius 2 is 0.589 bits per heavy atom. The molecule has 6 aliphatic rings. The summed E-state index contributed by atoms with van der Waals surface area (Å²) < 4.78 is 45.5. The summed E-state index contributed by atoms with van der Waals surface area (Å²) in [5.74, 6) is 1.08. The van der Waals surface area contributed by atoms with E-state index in [0.717, 1.165) is 143 Å². The number of carbonyl (C=O) groups is 6. The molecule has 6 aromatic carbocycles. The number of halogens is 5. The molecule has 0 amide bonds. The Hall–Kier alpha value is -12.3. The molecule has 6 fully saturated rings. The van der Waals surface area contributed by atoms with Gasteiger partial charge in [-0.2, -0.15) is 0 Å². The van der Waals surface area contributed by atoms with Gasteiger partial charge in [0.1, 0.15) is 97.8 Å². The summed E-state index contributed by atoms with van der Waals surface area (Å²) in [6, 6.07) is 41.5. The van der Waals surface area contributed by atoms with Gasteiger partial charge < -0.3 is 35.4 Å². The summed E-state index contributed by atoms with van der Waals surface area (Å²) in [6.45, 7) is 1.00. The van der Waals surface area contributed by atoms with E-state index in [0.29, 0.717) is 63.7 Å². The molecule has 0 unspecified atom stereocenters. The molecule has 0 bridgehead atoms. The van der Waals surface area contributed by atoms with Crippen molar-refractivity contribution in [2.24, 2.45) is 0 Å². The first-order chi connectivity index (χ1) is 62.1. The first kappa shape index (κ1) is 94.4. The summed E-state index contributed by atoms with van der Waals surface area (Å²) in [5.41, 5.74) is 11.3. The highest BCUT2D eigenvalue weighted by molar-refractivity contribution is 6.31. The number of hydrogen-bond acceptors (Lipinski definition) is 25. The first-order valence-electron chi connectivity index (χ1n) is 42.3. The van der Waals surface area contributed by atoms with Gasteiger partial charge in [-0.15, -0.1) is 0 Å². The molecule has 666 valence electrons. The molecule has 6 N–H and O–H groups in total. The quantitative estimate of drug-likeness (QED) is 0.0220. The molecule has 18 rings (SSSR count). The smallest absolute Gasteiger partial charge is 0.191 e. The number of ketones is 6. The minimum atomic E-state index is -0.592. The number of aromatic nitrogens is 12.